The van der Waals surface area contributed by atoms with Crippen molar-refractivity contribution in [2.75, 3.05) is 33.5 Å². The van der Waals surface area contributed by atoms with Crippen LogP contribution < -0.4 is 9.47 Å². The first-order valence-corrected chi connectivity index (χ1v) is 23.2. The molecule has 2 N–H and O–H groups in total. The van der Waals surface area contributed by atoms with E-state index < -0.39 is 18.1 Å². The Hall–Kier alpha value is -4.22. The zero-order valence-corrected chi connectivity index (χ0v) is 36.1. The van der Waals surface area contributed by atoms with E-state index in [1.165, 1.54) is 25.7 Å². The molecule has 8 rings (SSSR count). The molecule has 0 bridgehead atoms. The molecule has 3 aromatic rings. The fourth-order valence-electron chi connectivity index (χ4n) is 11.1. The molecule has 10 nitrogen and oxygen atoms in total. The third-order valence-corrected chi connectivity index (χ3v) is 14.1. The standard InChI is InChI=1S/C51H66N2O8/c1-3-29-58-51-46(53(2)47(56)26-21-35-14-4-5-15-35)34-44(52-61-48-20-10-13-30-57-48)42-32-38(18-8-11-27-54)41(19-9-12-28-55)49(50(42)51)43-33-40(24-25-45(43)60-51)59-39-23-22-36-16-6-7-17-37(36)31-39/h3,6-7,16-17,22-25,31-33,35,38,41,46,48-50,54-55H,1,4-5,8-15,18-21,26-30,34H2,2H3. The van der Waals surface area contributed by atoms with Gasteiger partial charge in [0, 0.05) is 51.0 Å². The molecule has 0 radical (unpaired) electrons. The highest BCUT2D eigenvalue weighted by atomic mass is 16.8. The van der Waals surface area contributed by atoms with E-state index in [0.717, 1.165) is 84.7 Å². The van der Waals surface area contributed by atoms with Crippen LogP contribution in [0.5, 0.6) is 17.2 Å². The van der Waals surface area contributed by atoms with Gasteiger partial charge in [0.25, 0.3) is 0 Å². The van der Waals surface area contributed by atoms with E-state index in [2.05, 4.69) is 43.0 Å². The molecular weight excluding hydrogens is 769 g/mol. The summed E-state index contributed by atoms with van der Waals surface area (Å²) in [4.78, 5) is 22.6. The summed E-state index contributed by atoms with van der Waals surface area (Å²) in [6.07, 6.45) is 17.9. The number of hydrogen-bond donors (Lipinski definition) is 2. The fraction of sp³-hybridized carbons (Fsp3) is 0.569. The minimum atomic E-state index is -1.28. The predicted octanol–water partition coefficient (Wildman–Crippen LogP) is 10.2. The Morgan fingerprint density at radius 2 is 1.67 bits per heavy atom. The van der Waals surface area contributed by atoms with Crippen molar-refractivity contribution in [2.24, 2.45) is 28.8 Å². The van der Waals surface area contributed by atoms with Gasteiger partial charge in [0.05, 0.1) is 24.8 Å². The van der Waals surface area contributed by atoms with Crippen molar-refractivity contribution >= 4 is 22.4 Å². The van der Waals surface area contributed by atoms with Gasteiger partial charge in [-0.25, -0.2) is 0 Å². The molecule has 1 amide bonds. The summed E-state index contributed by atoms with van der Waals surface area (Å²) in [5, 5.41) is 27.1. The van der Waals surface area contributed by atoms with Gasteiger partial charge in [-0.3, -0.25) is 4.79 Å². The molecule has 7 atom stereocenters. The summed E-state index contributed by atoms with van der Waals surface area (Å²) in [7, 11) is 1.91. The molecule has 5 aliphatic rings. The summed E-state index contributed by atoms with van der Waals surface area (Å²) >= 11 is 0. The summed E-state index contributed by atoms with van der Waals surface area (Å²) in [6.45, 7) is 5.19. The first-order chi connectivity index (χ1) is 29.9. The van der Waals surface area contributed by atoms with Crippen LogP contribution in [-0.2, 0) is 19.1 Å². The number of rotatable bonds is 19. The van der Waals surface area contributed by atoms with Gasteiger partial charge in [-0.2, -0.15) is 0 Å². The van der Waals surface area contributed by atoms with Crippen LogP contribution in [0.15, 0.2) is 90.1 Å². The van der Waals surface area contributed by atoms with Gasteiger partial charge in [0.15, 0.2) is 0 Å². The summed E-state index contributed by atoms with van der Waals surface area (Å²) in [5.41, 5.74) is 2.84. The van der Waals surface area contributed by atoms with Crippen molar-refractivity contribution in [3.05, 3.63) is 90.5 Å². The molecule has 1 saturated heterocycles. The lowest BCUT2D eigenvalue weighted by Gasteiger charge is -2.59. The minimum Gasteiger partial charge on any atom is -0.459 e. The highest BCUT2D eigenvalue weighted by Crippen LogP contribution is 2.62. The van der Waals surface area contributed by atoms with Crippen LogP contribution in [0.1, 0.15) is 114 Å². The smallest absolute Gasteiger partial charge is 0.239 e. The first kappa shape index (κ1) is 43.4. The van der Waals surface area contributed by atoms with E-state index in [1.807, 2.05) is 42.3 Å². The van der Waals surface area contributed by atoms with Crippen molar-refractivity contribution in [2.45, 2.75) is 127 Å². The Bertz CT molecular complexity index is 2020. The second kappa shape index (κ2) is 20.3. The van der Waals surface area contributed by atoms with Crippen molar-refractivity contribution in [3.8, 4) is 17.2 Å². The fourth-order valence-corrected chi connectivity index (χ4v) is 11.1. The monoisotopic (exact) mass is 834 g/mol. The lowest BCUT2D eigenvalue weighted by molar-refractivity contribution is -0.256. The topological polar surface area (TPSA) is 119 Å². The van der Waals surface area contributed by atoms with Crippen LogP contribution >= 0.6 is 0 Å². The summed E-state index contributed by atoms with van der Waals surface area (Å²) < 4.78 is 27.1. The normalized spacial score (nSPS) is 27.8. The summed E-state index contributed by atoms with van der Waals surface area (Å²) in [5.74, 6) is 1.29. The van der Waals surface area contributed by atoms with Crippen molar-refractivity contribution in [1.82, 2.24) is 4.90 Å². The average Bonchev–Trinajstić information content (AvgIpc) is 3.82. The number of nitrogens with zero attached hydrogens (tertiary/aromatic N) is 2. The number of carbonyl (C=O) groups excluding carboxylic acids is 1. The molecule has 0 aromatic heterocycles. The van der Waals surface area contributed by atoms with Gasteiger partial charge in [-0.15, -0.1) is 6.58 Å². The number of carbonyl (C=O) groups is 1. The molecule has 2 heterocycles. The van der Waals surface area contributed by atoms with E-state index >= 15 is 0 Å². The van der Waals surface area contributed by atoms with Crippen LogP contribution in [-0.4, -0.2) is 78.3 Å². The van der Waals surface area contributed by atoms with Crippen molar-refractivity contribution in [1.29, 1.82) is 0 Å². The molecular formula is C51H66N2O8. The second-order valence-electron chi connectivity index (χ2n) is 18.0. The molecule has 10 heteroatoms. The van der Waals surface area contributed by atoms with Gasteiger partial charge in [-0.05, 0) is 109 Å². The van der Waals surface area contributed by atoms with Crippen LogP contribution in [0.2, 0.25) is 0 Å². The number of unbranched alkanes of at least 4 members (excludes halogenated alkanes) is 2. The number of oxime groups is 1. The Morgan fingerprint density at radius 3 is 2.44 bits per heavy atom. The number of benzene rings is 3. The highest BCUT2D eigenvalue weighted by molar-refractivity contribution is 6.03. The third-order valence-electron chi connectivity index (χ3n) is 14.1. The predicted molar refractivity (Wildman–Crippen MR) is 238 cm³/mol. The molecule has 0 spiro atoms. The van der Waals surface area contributed by atoms with Gasteiger partial charge in [0.2, 0.25) is 18.0 Å². The number of hydrogen-bond acceptors (Lipinski definition) is 9. The number of amides is 1. The number of fused-ring (bicyclic) bond motifs is 3. The Balaban J connectivity index is 1.26. The maximum absolute atomic E-state index is 14.5. The maximum atomic E-state index is 14.5. The number of likely N-dealkylation sites (N-methyl/N-ethyl adjacent to an activating group) is 1. The molecule has 328 valence electrons. The Morgan fingerprint density at radius 1 is 0.918 bits per heavy atom. The first-order valence-electron chi connectivity index (χ1n) is 23.2. The third kappa shape index (κ3) is 9.58. The molecule has 61 heavy (non-hydrogen) atoms. The number of ether oxygens (including phenoxy) is 4. The Kier molecular flexibility index (Phi) is 14.5. The van der Waals surface area contributed by atoms with Crippen molar-refractivity contribution < 1.29 is 38.8 Å². The number of allylic oxidation sites excluding steroid dienone is 1. The largest absolute Gasteiger partial charge is 0.459 e. The van der Waals surface area contributed by atoms with Gasteiger partial charge >= 0.3 is 0 Å². The van der Waals surface area contributed by atoms with Crippen molar-refractivity contribution in [3.63, 3.8) is 0 Å². The molecule has 3 aromatic carbocycles. The minimum absolute atomic E-state index is 0.0732. The number of aliphatic hydroxyl groups is 2. The zero-order chi connectivity index (χ0) is 42.2. The molecule has 2 aliphatic heterocycles. The zero-order valence-electron chi connectivity index (χ0n) is 36.1. The Labute approximate surface area is 361 Å². The van der Waals surface area contributed by atoms with E-state index in [0.29, 0.717) is 49.7 Å². The SMILES string of the molecule is C=CCOC12Oc3ccc(Oc4ccc5ccccc5c4)cc3C3C(CCCCO)C(CCCCO)C=C(C(=NOC4CCCCO4)CC1N(C)C(=O)CCC1CCCC1)C32. The van der Waals surface area contributed by atoms with Crippen LogP contribution in [0.25, 0.3) is 10.8 Å². The average molecular weight is 835 g/mol. The number of aliphatic hydroxyl groups excluding tert-OH is 2. The van der Waals surface area contributed by atoms with E-state index in [-0.39, 0.29) is 49.4 Å². The molecule has 3 aliphatic carbocycles. The molecule has 3 fully saturated rings. The molecule has 7 unspecified atom stereocenters. The summed E-state index contributed by atoms with van der Waals surface area (Å²) in [6, 6.07) is 20.0. The van der Waals surface area contributed by atoms with Gasteiger partial charge in [0.1, 0.15) is 23.3 Å². The molecule has 2 saturated carbocycles. The van der Waals surface area contributed by atoms with Crippen LogP contribution in [0, 0.1) is 23.7 Å². The van der Waals surface area contributed by atoms with Gasteiger partial charge < -0.3 is 38.9 Å². The lowest BCUT2D eigenvalue weighted by atomic mass is 9.55. The van der Waals surface area contributed by atoms with E-state index in [9.17, 15) is 15.0 Å². The van der Waals surface area contributed by atoms with Crippen LogP contribution in [0.3, 0.4) is 0 Å². The maximum Gasteiger partial charge on any atom is 0.239 e. The van der Waals surface area contributed by atoms with E-state index in [4.69, 9.17) is 28.9 Å². The van der Waals surface area contributed by atoms with Crippen LogP contribution in [0.4, 0.5) is 0 Å². The second-order valence-corrected chi connectivity index (χ2v) is 18.0. The highest BCUT2D eigenvalue weighted by Gasteiger charge is 2.65. The van der Waals surface area contributed by atoms with Gasteiger partial charge in [-0.1, -0.05) is 86.2 Å². The van der Waals surface area contributed by atoms with E-state index in [1.54, 1.807) is 6.08 Å². The quantitative estimate of drug-likeness (QED) is 0.0696. The lowest BCUT2D eigenvalue weighted by Crippen LogP contribution is -2.69.